The van der Waals surface area contributed by atoms with Gasteiger partial charge in [0.2, 0.25) is 0 Å². The van der Waals surface area contributed by atoms with Gasteiger partial charge in [-0.25, -0.2) is 0 Å². The standard InChI is InChI=1S/C17H15F3O2/c1-10-6-12(3)16(7-11(10)2)22-15-5-4-14(17(18,19)20)8-13(15)9-21/h4-9H,1-3H3. The third kappa shape index (κ3) is 3.30. The third-order valence-electron chi connectivity index (χ3n) is 3.48. The van der Waals surface area contributed by atoms with Crippen LogP contribution >= 0.6 is 0 Å². The predicted octanol–water partition coefficient (Wildman–Crippen LogP) is 5.24. The quantitative estimate of drug-likeness (QED) is 0.725. The van der Waals surface area contributed by atoms with Gasteiger partial charge < -0.3 is 4.74 Å². The van der Waals surface area contributed by atoms with Crippen molar-refractivity contribution in [2.24, 2.45) is 0 Å². The minimum atomic E-state index is -4.49. The molecular weight excluding hydrogens is 293 g/mol. The Kier molecular flexibility index (Phi) is 4.26. The Hall–Kier alpha value is -2.30. The number of alkyl halides is 3. The summed E-state index contributed by atoms with van der Waals surface area (Å²) in [6.07, 6.45) is -4.13. The molecule has 2 nitrogen and oxygen atoms in total. The molecule has 22 heavy (non-hydrogen) atoms. The van der Waals surface area contributed by atoms with Crippen molar-refractivity contribution in [3.05, 3.63) is 58.1 Å². The molecule has 0 N–H and O–H groups in total. The molecule has 0 aliphatic heterocycles. The van der Waals surface area contributed by atoms with Gasteiger partial charge in [0.05, 0.1) is 11.1 Å². The SMILES string of the molecule is Cc1cc(C)c(Oc2ccc(C(F)(F)F)cc2C=O)cc1C. The highest BCUT2D eigenvalue weighted by atomic mass is 19.4. The monoisotopic (exact) mass is 308 g/mol. The maximum absolute atomic E-state index is 12.7. The van der Waals surface area contributed by atoms with Crippen LogP contribution in [0.2, 0.25) is 0 Å². The van der Waals surface area contributed by atoms with Gasteiger partial charge in [-0.1, -0.05) is 6.07 Å². The zero-order chi connectivity index (χ0) is 16.5. The number of carbonyl (C=O) groups is 1. The topological polar surface area (TPSA) is 26.3 Å². The molecule has 0 spiro atoms. The van der Waals surface area contributed by atoms with Crippen LogP contribution in [0, 0.1) is 20.8 Å². The molecule has 0 saturated carbocycles. The number of benzene rings is 2. The Morgan fingerprint density at radius 1 is 0.909 bits per heavy atom. The zero-order valence-electron chi connectivity index (χ0n) is 12.4. The molecule has 2 aromatic carbocycles. The summed E-state index contributed by atoms with van der Waals surface area (Å²) in [5.41, 5.74) is 1.93. The van der Waals surface area contributed by atoms with E-state index < -0.39 is 11.7 Å². The van der Waals surface area contributed by atoms with E-state index in [-0.39, 0.29) is 11.3 Å². The minimum absolute atomic E-state index is 0.106. The fraction of sp³-hybridized carbons (Fsp3) is 0.235. The van der Waals surface area contributed by atoms with Gasteiger partial charge in [-0.05, 0) is 61.7 Å². The highest BCUT2D eigenvalue weighted by molar-refractivity contribution is 5.80. The molecule has 2 rings (SSSR count). The van der Waals surface area contributed by atoms with E-state index in [9.17, 15) is 18.0 Å². The van der Waals surface area contributed by atoms with Crippen molar-refractivity contribution in [3.8, 4) is 11.5 Å². The zero-order valence-corrected chi connectivity index (χ0v) is 12.4. The van der Waals surface area contributed by atoms with Crippen LogP contribution in [0.25, 0.3) is 0 Å². The van der Waals surface area contributed by atoms with Crippen LogP contribution in [-0.2, 0) is 6.18 Å². The first-order valence-corrected chi connectivity index (χ1v) is 6.64. The molecule has 0 amide bonds. The van der Waals surface area contributed by atoms with Gasteiger partial charge in [0.1, 0.15) is 11.5 Å². The number of ether oxygens (including phenoxy) is 1. The number of aldehydes is 1. The van der Waals surface area contributed by atoms with Gasteiger partial charge in [0.25, 0.3) is 0 Å². The molecule has 0 heterocycles. The van der Waals surface area contributed by atoms with Crippen molar-refractivity contribution < 1.29 is 22.7 Å². The van der Waals surface area contributed by atoms with Gasteiger partial charge >= 0.3 is 6.18 Å². The van der Waals surface area contributed by atoms with E-state index in [1.54, 1.807) is 6.07 Å². The van der Waals surface area contributed by atoms with E-state index in [0.717, 1.165) is 28.8 Å². The number of hydrogen-bond donors (Lipinski definition) is 0. The average Bonchev–Trinajstić information content (AvgIpc) is 2.44. The lowest BCUT2D eigenvalue weighted by Gasteiger charge is -2.14. The summed E-state index contributed by atoms with van der Waals surface area (Å²) in [6, 6.07) is 6.59. The molecule has 0 aliphatic rings. The molecule has 0 unspecified atom stereocenters. The highest BCUT2D eigenvalue weighted by Gasteiger charge is 2.31. The fourth-order valence-corrected chi connectivity index (χ4v) is 2.07. The summed E-state index contributed by atoms with van der Waals surface area (Å²) in [4.78, 5) is 11.1. The second kappa shape index (κ2) is 5.83. The Bertz CT molecular complexity index is 719. The van der Waals surface area contributed by atoms with Crippen molar-refractivity contribution in [3.63, 3.8) is 0 Å². The highest BCUT2D eigenvalue weighted by Crippen LogP contribution is 2.34. The normalized spacial score (nSPS) is 11.4. The molecule has 5 heteroatoms. The van der Waals surface area contributed by atoms with E-state index in [1.807, 2.05) is 26.8 Å². The summed E-state index contributed by atoms with van der Waals surface area (Å²) < 4.78 is 43.6. The van der Waals surface area contributed by atoms with Crippen LogP contribution in [0.3, 0.4) is 0 Å². The summed E-state index contributed by atoms with van der Waals surface area (Å²) in [5, 5.41) is 0. The van der Waals surface area contributed by atoms with Crippen molar-refractivity contribution in [1.82, 2.24) is 0 Å². The Morgan fingerprint density at radius 3 is 2.14 bits per heavy atom. The van der Waals surface area contributed by atoms with Crippen LogP contribution < -0.4 is 4.74 Å². The molecule has 2 aromatic rings. The molecule has 0 aromatic heterocycles. The second-order valence-electron chi connectivity index (χ2n) is 5.17. The Labute approximate surface area is 126 Å². The number of hydrogen-bond acceptors (Lipinski definition) is 2. The van der Waals surface area contributed by atoms with Crippen LogP contribution in [-0.4, -0.2) is 6.29 Å². The summed E-state index contributed by atoms with van der Waals surface area (Å²) in [5.74, 6) is 0.625. The number of carbonyl (C=O) groups excluding carboxylic acids is 1. The van der Waals surface area contributed by atoms with Gasteiger partial charge in [-0.2, -0.15) is 13.2 Å². The van der Waals surface area contributed by atoms with E-state index >= 15 is 0 Å². The first kappa shape index (κ1) is 16.1. The lowest BCUT2D eigenvalue weighted by Crippen LogP contribution is -2.06. The van der Waals surface area contributed by atoms with Crippen molar-refractivity contribution >= 4 is 6.29 Å². The molecule has 0 saturated heterocycles. The summed E-state index contributed by atoms with van der Waals surface area (Å²) in [6.45, 7) is 5.71. The van der Waals surface area contributed by atoms with Crippen LogP contribution in [0.15, 0.2) is 30.3 Å². The van der Waals surface area contributed by atoms with E-state index in [4.69, 9.17) is 4.74 Å². The number of rotatable bonds is 3. The van der Waals surface area contributed by atoms with E-state index in [1.165, 1.54) is 6.07 Å². The first-order valence-electron chi connectivity index (χ1n) is 6.64. The largest absolute Gasteiger partial charge is 0.456 e. The van der Waals surface area contributed by atoms with Crippen molar-refractivity contribution in [2.45, 2.75) is 26.9 Å². The maximum atomic E-state index is 12.7. The fourth-order valence-electron chi connectivity index (χ4n) is 2.07. The first-order chi connectivity index (χ1) is 10.2. The summed E-state index contributed by atoms with van der Waals surface area (Å²) >= 11 is 0. The van der Waals surface area contributed by atoms with Crippen LogP contribution in [0.5, 0.6) is 11.5 Å². The molecule has 0 atom stereocenters. The van der Waals surface area contributed by atoms with Crippen molar-refractivity contribution in [1.29, 1.82) is 0 Å². The Morgan fingerprint density at radius 2 is 1.55 bits per heavy atom. The summed E-state index contributed by atoms with van der Waals surface area (Å²) in [7, 11) is 0. The van der Waals surface area contributed by atoms with Crippen LogP contribution in [0.4, 0.5) is 13.2 Å². The van der Waals surface area contributed by atoms with E-state index in [2.05, 4.69) is 0 Å². The minimum Gasteiger partial charge on any atom is -0.456 e. The predicted molar refractivity (Wildman–Crippen MR) is 77.6 cm³/mol. The number of halogens is 3. The van der Waals surface area contributed by atoms with Gasteiger partial charge in [-0.3, -0.25) is 4.79 Å². The van der Waals surface area contributed by atoms with Crippen molar-refractivity contribution in [2.75, 3.05) is 0 Å². The third-order valence-corrected chi connectivity index (χ3v) is 3.48. The lowest BCUT2D eigenvalue weighted by atomic mass is 10.1. The number of aryl methyl sites for hydroxylation is 3. The average molecular weight is 308 g/mol. The van der Waals surface area contributed by atoms with Gasteiger partial charge in [-0.15, -0.1) is 0 Å². The van der Waals surface area contributed by atoms with Gasteiger partial charge in [0, 0.05) is 0 Å². The lowest BCUT2D eigenvalue weighted by molar-refractivity contribution is -0.137. The van der Waals surface area contributed by atoms with E-state index in [0.29, 0.717) is 12.0 Å². The molecule has 0 fully saturated rings. The molecular formula is C17H15F3O2. The molecule has 0 aliphatic carbocycles. The smallest absolute Gasteiger partial charge is 0.416 e. The second-order valence-corrected chi connectivity index (χ2v) is 5.17. The molecule has 0 radical (unpaired) electrons. The molecule has 116 valence electrons. The molecule has 0 bridgehead atoms. The van der Waals surface area contributed by atoms with Gasteiger partial charge in [0.15, 0.2) is 6.29 Å². The maximum Gasteiger partial charge on any atom is 0.416 e. The Balaban J connectivity index is 2.42. The van der Waals surface area contributed by atoms with Crippen LogP contribution in [0.1, 0.15) is 32.6 Å².